The summed E-state index contributed by atoms with van der Waals surface area (Å²) in [7, 11) is 1.63. The maximum atomic E-state index is 11.0. The summed E-state index contributed by atoms with van der Waals surface area (Å²) in [6, 6.07) is 4.79. The Morgan fingerprint density at radius 2 is 2.35 bits per heavy atom. The van der Waals surface area contributed by atoms with E-state index in [1.54, 1.807) is 26.1 Å². The zero-order chi connectivity index (χ0) is 14.7. The van der Waals surface area contributed by atoms with Gasteiger partial charge >= 0.3 is 0 Å². The quantitative estimate of drug-likeness (QED) is 0.389. The molecule has 2 N–H and O–H groups in total. The van der Waals surface area contributed by atoms with Crippen molar-refractivity contribution in [3.63, 3.8) is 0 Å². The summed E-state index contributed by atoms with van der Waals surface area (Å²) in [6.07, 6.45) is 1.49. The number of aryl methyl sites for hydroxylation is 1. The first-order valence-corrected chi connectivity index (χ1v) is 6.08. The second kappa shape index (κ2) is 5.61. The molecule has 0 aliphatic rings. The Morgan fingerprint density at radius 3 is 2.90 bits per heavy atom. The van der Waals surface area contributed by atoms with Crippen molar-refractivity contribution in [2.75, 3.05) is 12.4 Å². The van der Waals surface area contributed by atoms with Gasteiger partial charge in [-0.05, 0) is 25.2 Å². The fourth-order valence-corrected chi connectivity index (χ4v) is 1.85. The van der Waals surface area contributed by atoms with Gasteiger partial charge in [0.1, 0.15) is 11.5 Å². The first kappa shape index (κ1) is 13.9. The number of hydrogen-bond acceptors (Lipinski definition) is 6. The van der Waals surface area contributed by atoms with Gasteiger partial charge in [-0.25, -0.2) is 0 Å². The summed E-state index contributed by atoms with van der Waals surface area (Å²) in [5.74, 6) is 0.604. The number of aromatic nitrogens is 3. The lowest BCUT2D eigenvalue weighted by molar-refractivity contribution is -0.383. The molecule has 8 nitrogen and oxygen atoms in total. The molecule has 0 unspecified atom stereocenters. The normalized spacial score (nSPS) is 10.9. The second-order valence-electron chi connectivity index (χ2n) is 3.92. The lowest BCUT2D eigenvalue weighted by Crippen LogP contribution is -1.98. The first-order chi connectivity index (χ1) is 9.52. The Labute approximate surface area is 119 Å². The summed E-state index contributed by atoms with van der Waals surface area (Å²) in [4.78, 5) is 10.5. The van der Waals surface area contributed by atoms with E-state index < -0.39 is 4.92 Å². The molecule has 0 aliphatic heterocycles. The van der Waals surface area contributed by atoms with Crippen LogP contribution in [0.15, 0.2) is 23.3 Å². The van der Waals surface area contributed by atoms with Crippen LogP contribution in [0.2, 0.25) is 0 Å². The number of nitro groups is 1. The molecule has 0 radical (unpaired) electrons. The van der Waals surface area contributed by atoms with E-state index in [0.29, 0.717) is 21.8 Å². The molecule has 0 fully saturated rings. The van der Waals surface area contributed by atoms with Crippen LogP contribution < -0.4 is 5.32 Å². The molecule has 0 saturated heterocycles. The third-order valence-electron chi connectivity index (χ3n) is 2.62. The smallest absolute Gasteiger partial charge is 0.292 e. The molecule has 20 heavy (non-hydrogen) atoms. The van der Waals surface area contributed by atoms with Gasteiger partial charge in [-0.3, -0.25) is 15.2 Å². The molecule has 0 amide bonds. The van der Waals surface area contributed by atoms with E-state index in [1.807, 2.05) is 0 Å². The molecular formula is C11H12N6O2S. The van der Waals surface area contributed by atoms with E-state index >= 15 is 0 Å². The Balaban J connectivity index is 2.37. The Bertz CT molecular complexity index is 733. The molecule has 1 heterocycles. The highest BCUT2D eigenvalue weighted by Crippen LogP contribution is 2.24. The standard InChI is InChI=1S/C11H12N6O2S/c1-7-14-15-11(20)16(7)13-6-8-3-4-9(12-2)10(5-8)17(18)19/h3-6,12H,1-2H3,(H,15,20)/b13-6+. The zero-order valence-electron chi connectivity index (χ0n) is 10.8. The third-order valence-corrected chi connectivity index (χ3v) is 2.89. The number of anilines is 1. The van der Waals surface area contributed by atoms with E-state index in [9.17, 15) is 10.1 Å². The van der Waals surface area contributed by atoms with Gasteiger partial charge in [0.2, 0.25) is 4.77 Å². The van der Waals surface area contributed by atoms with E-state index in [2.05, 4.69) is 20.6 Å². The molecule has 0 spiro atoms. The molecular weight excluding hydrogens is 280 g/mol. The molecule has 1 aromatic carbocycles. The fourth-order valence-electron chi connectivity index (χ4n) is 1.62. The second-order valence-corrected chi connectivity index (χ2v) is 4.30. The third kappa shape index (κ3) is 2.72. The van der Waals surface area contributed by atoms with E-state index in [-0.39, 0.29) is 5.69 Å². The number of rotatable bonds is 4. The predicted octanol–water partition coefficient (Wildman–Crippen LogP) is 2.08. The molecule has 2 rings (SSSR count). The molecule has 9 heteroatoms. The van der Waals surface area contributed by atoms with Crippen molar-refractivity contribution in [1.82, 2.24) is 14.9 Å². The predicted molar refractivity (Wildman–Crippen MR) is 77.8 cm³/mol. The Hall–Kier alpha value is -2.55. The van der Waals surface area contributed by atoms with Crippen LogP contribution in [0.25, 0.3) is 0 Å². The van der Waals surface area contributed by atoms with Crippen molar-refractivity contribution in [2.45, 2.75) is 6.92 Å². The molecule has 0 saturated carbocycles. The van der Waals surface area contributed by atoms with Crippen molar-refractivity contribution >= 4 is 29.8 Å². The summed E-state index contributed by atoms with van der Waals surface area (Å²) >= 11 is 5.01. The summed E-state index contributed by atoms with van der Waals surface area (Å²) in [5.41, 5.74) is 1.03. The number of benzene rings is 1. The zero-order valence-corrected chi connectivity index (χ0v) is 11.6. The SMILES string of the molecule is CNc1ccc(/C=N/n2c(C)n[nH]c2=S)cc1[N+](=O)[O-]. The minimum atomic E-state index is -0.447. The topological polar surface area (TPSA) is 101 Å². The van der Waals surface area contributed by atoms with E-state index in [0.717, 1.165) is 0 Å². The summed E-state index contributed by atoms with van der Waals surface area (Å²) in [6.45, 7) is 1.75. The number of hydrogen-bond donors (Lipinski definition) is 2. The van der Waals surface area contributed by atoms with Crippen molar-refractivity contribution in [2.24, 2.45) is 5.10 Å². The molecule has 1 aromatic heterocycles. The molecule has 0 aliphatic carbocycles. The largest absolute Gasteiger partial charge is 0.383 e. The maximum absolute atomic E-state index is 11.0. The van der Waals surface area contributed by atoms with Gasteiger partial charge in [0.25, 0.3) is 5.69 Å². The van der Waals surface area contributed by atoms with Gasteiger partial charge in [0.15, 0.2) is 0 Å². The van der Waals surface area contributed by atoms with Gasteiger partial charge in [0, 0.05) is 18.7 Å². The van der Waals surface area contributed by atoms with Crippen molar-refractivity contribution < 1.29 is 4.92 Å². The van der Waals surface area contributed by atoms with Crippen molar-refractivity contribution in [1.29, 1.82) is 0 Å². The van der Waals surface area contributed by atoms with Gasteiger partial charge in [-0.2, -0.15) is 14.9 Å². The average Bonchev–Trinajstić information content (AvgIpc) is 2.75. The van der Waals surface area contributed by atoms with Crippen LogP contribution in [0.3, 0.4) is 0 Å². The highest BCUT2D eigenvalue weighted by atomic mass is 32.1. The van der Waals surface area contributed by atoms with Crippen molar-refractivity contribution in [3.05, 3.63) is 44.5 Å². The van der Waals surface area contributed by atoms with Gasteiger partial charge in [-0.1, -0.05) is 6.07 Å². The number of aromatic amines is 1. The van der Waals surface area contributed by atoms with E-state index in [4.69, 9.17) is 12.2 Å². The number of nitrogens with zero attached hydrogens (tertiary/aromatic N) is 4. The Kier molecular flexibility index (Phi) is 3.89. The number of H-pyrrole nitrogens is 1. The summed E-state index contributed by atoms with van der Waals surface area (Å²) in [5, 5.41) is 24.4. The van der Waals surface area contributed by atoms with Gasteiger partial charge < -0.3 is 5.32 Å². The van der Waals surface area contributed by atoms with Crippen LogP contribution in [0.4, 0.5) is 11.4 Å². The van der Waals surface area contributed by atoms with E-state index in [1.165, 1.54) is 17.0 Å². The van der Waals surface area contributed by atoms with Crippen LogP contribution in [-0.4, -0.2) is 33.1 Å². The first-order valence-electron chi connectivity index (χ1n) is 5.67. The van der Waals surface area contributed by atoms with Crippen LogP contribution >= 0.6 is 12.2 Å². The molecule has 104 valence electrons. The minimum absolute atomic E-state index is 0.0102. The average molecular weight is 292 g/mol. The van der Waals surface area contributed by atoms with Crippen LogP contribution in [-0.2, 0) is 0 Å². The van der Waals surface area contributed by atoms with Gasteiger partial charge in [-0.15, -0.1) is 0 Å². The number of nitro benzene ring substituents is 1. The lowest BCUT2D eigenvalue weighted by atomic mass is 10.2. The highest BCUT2D eigenvalue weighted by Gasteiger charge is 2.12. The molecule has 0 bridgehead atoms. The fraction of sp³-hybridized carbons (Fsp3) is 0.182. The minimum Gasteiger partial charge on any atom is -0.383 e. The van der Waals surface area contributed by atoms with Crippen LogP contribution in [0, 0.1) is 21.8 Å². The van der Waals surface area contributed by atoms with Crippen LogP contribution in [0.5, 0.6) is 0 Å². The molecule has 0 atom stereocenters. The monoisotopic (exact) mass is 292 g/mol. The molecule has 2 aromatic rings. The Morgan fingerprint density at radius 1 is 1.60 bits per heavy atom. The lowest BCUT2D eigenvalue weighted by Gasteiger charge is -2.02. The highest BCUT2D eigenvalue weighted by molar-refractivity contribution is 7.71. The maximum Gasteiger partial charge on any atom is 0.292 e. The van der Waals surface area contributed by atoms with Gasteiger partial charge in [0.05, 0.1) is 11.1 Å². The van der Waals surface area contributed by atoms with Crippen molar-refractivity contribution in [3.8, 4) is 0 Å². The summed E-state index contributed by atoms with van der Waals surface area (Å²) < 4.78 is 1.80. The number of nitrogens with one attached hydrogen (secondary N) is 2. The van der Waals surface area contributed by atoms with Crippen LogP contribution in [0.1, 0.15) is 11.4 Å².